The SMILES string of the molecule is CCCCOCc1ccccc1.[H+]. The van der Waals surface area contributed by atoms with Gasteiger partial charge in [-0.2, -0.15) is 0 Å². The zero-order valence-electron chi connectivity index (χ0n) is 8.62. The molecule has 0 bridgehead atoms. The van der Waals surface area contributed by atoms with Crippen LogP contribution < -0.4 is 0 Å². The first kappa shape index (κ1) is 9.27. The predicted molar refractivity (Wildman–Crippen MR) is 52.1 cm³/mol. The largest absolute Gasteiger partial charge is 1.00 e. The van der Waals surface area contributed by atoms with Crippen LogP contribution in [0.25, 0.3) is 0 Å². The monoisotopic (exact) mass is 165 g/mol. The minimum absolute atomic E-state index is 0. The lowest BCUT2D eigenvalue weighted by Crippen LogP contribution is -1.94. The van der Waals surface area contributed by atoms with Crippen molar-refractivity contribution < 1.29 is 6.16 Å². The van der Waals surface area contributed by atoms with Crippen LogP contribution >= 0.6 is 0 Å². The summed E-state index contributed by atoms with van der Waals surface area (Å²) in [5.74, 6) is 0. The number of hydrogen-bond acceptors (Lipinski definition) is 1. The molecule has 0 heterocycles. The van der Waals surface area contributed by atoms with Crippen molar-refractivity contribution in [1.29, 1.82) is 0 Å². The summed E-state index contributed by atoms with van der Waals surface area (Å²) in [4.78, 5) is 0. The lowest BCUT2D eigenvalue weighted by atomic mass is 10.2. The smallest absolute Gasteiger partial charge is 0.377 e. The minimum atomic E-state index is 0. The van der Waals surface area contributed by atoms with Gasteiger partial charge < -0.3 is 4.74 Å². The van der Waals surface area contributed by atoms with Gasteiger partial charge in [-0.1, -0.05) is 43.7 Å². The van der Waals surface area contributed by atoms with Crippen LogP contribution in [0.1, 0.15) is 26.8 Å². The van der Waals surface area contributed by atoms with Crippen molar-refractivity contribution in [3.8, 4) is 0 Å². The molecule has 1 nitrogen and oxygen atoms in total. The van der Waals surface area contributed by atoms with Crippen LogP contribution in [0.4, 0.5) is 0 Å². The van der Waals surface area contributed by atoms with E-state index in [1.54, 1.807) is 0 Å². The molecule has 1 aromatic rings. The molecule has 0 spiro atoms. The van der Waals surface area contributed by atoms with Crippen LogP contribution in [0, 0.1) is 0 Å². The van der Waals surface area contributed by atoms with Gasteiger partial charge >= 0.3 is 1.43 Å². The second kappa shape index (κ2) is 5.78. The molecule has 0 aliphatic heterocycles. The molecule has 0 aromatic heterocycles. The van der Waals surface area contributed by atoms with Crippen LogP contribution in [-0.4, -0.2) is 6.61 Å². The van der Waals surface area contributed by atoms with Crippen molar-refractivity contribution in [2.75, 3.05) is 6.61 Å². The number of unbranched alkanes of at least 4 members (excludes halogenated alkanes) is 1. The fourth-order valence-corrected chi connectivity index (χ4v) is 1.01. The fraction of sp³-hybridized carbons (Fsp3) is 0.455. The summed E-state index contributed by atoms with van der Waals surface area (Å²) in [6.07, 6.45) is 2.36. The van der Waals surface area contributed by atoms with Gasteiger partial charge in [0.15, 0.2) is 0 Å². The number of benzene rings is 1. The van der Waals surface area contributed by atoms with E-state index >= 15 is 0 Å². The van der Waals surface area contributed by atoms with E-state index in [-0.39, 0.29) is 1.43 Å². The third-order valence-corrected chi connectivity index (χ3v) is 1.75. The summed E-state index contributed by atoms with van der Waals surface area (Å²) in [5.41, 5.74) is 1.26. The Balaban J connectivity index is 0.00000144. The predicted octanol–water partition coefficient (Wildman–Crippen LogP) is 3.12. The van der Waals surface area contributed by atoms with Gasteiger partial charge in [0.1, 0.15) is 0 Å². The van der Waals surface area contributed by atoms with Gasteiger partial charge in [-0.15, -0.1) is 0 Å². The van der Waals surface area contributed by atoms with Crippen molar-refractivity contribution in [2.24, 2.45) is 0 Å². The van der Waals surface area contributed by atoms with Gasteiger partial charge in [0.25, 0.3) is 0 Å². The number of ether oxygens (including phenoxy) is 1. The molecule has 0 amide bonds. The van der Waals surface area contributed by atoms with Gasteiger partial charge in [-0.05, 0) is 12.0 Å². The topological polar surface area (TPSA) is 9.23 Å². The van der Waals surface area contributed by atoms with Crippen LogP contribution in [0.3, 0.4) is 0 Å². The summed E-state index contributed by atoms with van der Waals surface area (Å²) in [6, 6.07) is 10.3. The summed E-state index contributed by atoms with van der Waals surface area (Å²) >= 11 is 0. The molecule has 1 aromatic carbocycles. The molecule has 0 atom stereocenters. The van der Waals surface area contributed by atoms with E-state index in [9.17, 15) is 0 Å². The van der Waals surface area contributed by atoms with Gasteiger partial charge in [0.2, 0.25) is 0 Å². The number of hydrogen-bond donors (Lipinski definition) is 0. The minimum Gasteiger partial charge on any atom is -0.377 e. The quantitative estimate of drug-likeness (QED) is 0.609. The first-order chi connectivity index (χ1) is 5.93. The molecule has 0 unspecified atom stereocenters. The van der Waals surface area contributed by atoms with Crippen LogP contribution in [-0.2, 0) is 11.3 Å². The molecule has 1 heteroatoms. The summed E-state index contributed by atoms with van der Waals surface area (Å²) in [6.45, 7) is 3.80. The maximum absolute atomic E-state index is 5.46. The van der Waals surface area contributed by atoms with Crippen molar-refractivity contribution in [3.63, 3.8) is 0 Å². The maximum atomic E-state index is 5.46. The van der Waals surface area contributed by atoms with Crippen molar-refractivity contribution >= 4 is 0 Å². The zero-order chi connectivity index (χ0) is 8.65. The van der Waals surface area contributed by atoms with Crippen molar-refractivity contribution in [2.45, 2.75) is 26.4 Å². The van der Waals surface area contributed by atoms with Gasteiger partial charge in [0.05, 0.1) is 6.61 Å². The molecular formula is C11H17O+. The third-order valence-electron chi connectivity index (χ3n) is 1.75. The molecule has 1 rings (SSSR count). The average Bonchev–Trinajstić information content (AvgIpc) is 2.14. The Morgan fingerprint density at radius 3 is 2.67 bits per heavy atom. The fourth-order valence-electron chi connectivity index (χ4n) is 1.01. The highest BCUT2D eigenvalue weighted by molar-refractivity contribution is 5.13. The van der Waals surface area contributed by atoms with E-state index in [0.29, 0.717) is 0 Å². The maximum Gasteiger partial charge on any atom is 1.00 e. The van der Waals surface area contributed by atoms with Crippen LogP contribution in [0.5, 0.6) is 0 Å². The molecule has 66 valence electrons. The Morgan fingerprint density at radius 2 is 2.00 bits per heavy atom. The normalized spacial score (nSPS) is 10.1. The van der Waals surface area contributed by atoms with Gasteiger partial charge in [-0.3, -0.25) is 0 Å². The van der Waals surface area contributed by atoms with E-state index in [4.69, 9.17) is 4.74 Å². The van der Waals surface area contributed by atoms with Gasteiger partial charge in [-0.25, -0.2) is 0 Å². The standard InChI is InChI=1S/C11H16O/c1-2-3-9-12-10-11-7-5-4-6-8-11/h4-8H,2-3,9-10H2,1H3/p+1. The van der Waals surface area contributed by atoms with E-state index in [2.05, 4.69) is 19.1 Å². The van der Waals surface area contributed by atoms with Crippen molar-refractivity contribution in [3.05, 3.63) is 35.9 Å². The van der Waals surface area contributed by atoms with Crippen LogP contribution in [0.2, 0.25) is 0 Å². The molecule has 0 fully saturated rings. The summed E-state index contributed by atoms with van der Waals surface area (Å²) in [5, 5.41) is 0. The van der Waals surface area contributed by atoms with Crippen molar-refractivity contribution in [1.82, 2.24) is 0 Å². The molecular weight excluding hydrogens is 148 g/mol. The second-order valence-corrected chi connectivity index (χ2v) is 2.89. The number of rotatable bonds is 5. The lowest BCUT2D eigenvalue weighted by Gasteiger charge is -2.02. The van der Waals surface area contributed by atoms with Crippen LogP contribution in [0.15, 0.2) is 30.3 Å². The highest BCUT2D eigenvalue weighted by Crippen LogP contribution is 2.00. The zero-order valence-corrected chi connectivity index (χ0v) is 7.62. The average molecular weight is 165 g/mol. The Labute approximate surface area is 75.9 Å². The second-order valence-electron chi connectivity index (χ2n) is 2.89. The lowest BCUT2D eigenvalue weighted by molar-refractivity contribution is 0.118. The molecule has 0 saturated heterocycles. The first-order valence-corrected chi connectivity index (χ1v) is 4.55. The summed E-state index contributed by atoms with van der Waals surface area (Å²) < 4.78 is 5.46. The Kier molecular flexibility index (Phi) is 4.47. The third kappa shape index (κ3) is 3.54. The van der Waals surface area contributed by atoms with E-state index in [0.717, 1.165) is 19.6 Å². The summed E-state index contributed by atoms with van der Waals surface area (Å²) in [7, 11) is 0. The van der Waals surface area contributed by atoms with E-state index in [1.165, 1.54) is 12.0 Å². The highest BCUT2D eigenvalue weighted by Gasteiger charge is 1.89. The molecule has 0 aliphatic carbocycles. The van der Waals surface area contributed by atoms with E-state index < -0.39 is 0 Å². The Morgan fingerprint density at radius 1 is 1.25 bits per heavy atom. The van der Waals surface area contributed by atoms with Gasteiger partial charge in [0, 0.05) is 6.61 Å². The first-order valence-electron chi connectivity index (χ1n) is 4.55. The molecule has 12 heavy (non-hydrogen) atoms. The molecule has 0 saturated carbocycles. The Bertz CT molecular complexity index is 199. The van der Waals surface area contributed by atoms with E-state index in [1.807, 2.05) is 18.2 Å². The Hall–Kier alpha value is -0.820. The molecule has 0 aliphatic rings. The molecule has 0 radical (unpaired) electrons. The highest BCUT2D eigenvalue weighted by atomic mass is 16.5. The molecule has 0 N–H and O–H groups in total.